The number of carbonyl (C=O) groups is 2. The van der Waals surface area contributed by atoms with Gasteiger partial charge in [0.1, 0.15) is 11.4 Å². The van der Waals surface area contributed by atoms with Gasteiger partial charge >= 0.3 is 6.09 Å². The third-order valence-electron chi connectivity index (χ3n) is 7.61. The van der Waals surface area contributed by atoms with Gasteiger partial charge < -0.3 is 24.8 Å². The first-order valence-electron chi connectivity index (χ1n) is 14.5. The summed E-state index contributed by atoms with van der Waals surface area (Å²) in [5.74, 6) is 0.306. The normalized spacial score (nSPS) is 17.2. The Hall–Kier alpha value is -3.63. The third-order valence-corrected chi connectivity index (χ3v) is 7.61. The summed E-state index contributed by atoms with van der Waals surface area (Å²) in [4.78, 5) is 28.7. The largest absolute Gasteiger partial charge is 0.484 e. The van der Waals surface area contributed by atoms with Gasteiger partial charge in [-0.1, -0.05) is 24.3 Å². The van der Waals surface area contributed by atoms with Crippen LogP contribution in [0.4, 0.5) is 4.79 Å². The lowest BCUT2D eigenvalue weighted by Gasteiger charge is -2.33. The molecular formula is C31H41N5O5. The van der Waals surface area contributed by atoms with Crippen molar-refractivity contribution in [2.24, 2.45) is 0 Å². The molecule has 10 nitrogen and oxygen atoms in total. The Labute approximate surface area is 241 Å². The molecule has 1 atom stereocenters. The van der Waals surface area contributed by atoms with Crippen molar-refractivity contribution in [1.29, 1.82) is 0 Å². The van der Waals surface area contributed by atoms with Crippen LogP contribution in [0.5, 0.6) is 5.75 Å². The second-order valence-electron chi connectivity index (χ2n) is 12.0. The maximum absolute atomic E-state index is 12.4. The number of benzene rings is 2. The average Bonchev–Trinajstić information content (AvgIpc) is 3.37. The van der Waals surface area contributed by atoms with Gasteiger partial charge in [0.15, 0.2) is 6.61 Å². The Morgan fingerprint density at radius 2 is 1.85 bits per heavy atom. The molecule has 1 aromatic heterocycles. The number of aromatic nitrogens is 2. The molecule has 2 aliphatic heterocycles. The molecule has 2 N–H and O–H groups in total. The molecular weight excluding hydrogens is 522 g/mol. The Bertz CT molecular complexity index is 1360. The number of β-amino-alcohol motifs (C(OH)–C–C–N with tert-alkyl or cyclic N) is 1. The first-order chi connectivity index (χ1) is 19.6. The lowest BCUT2D eigenvalue weighted by atomic mass is 10.00. The number of nitrogens with zero attached hydrogens (tertiary/aromatic N) is 4. The number of piperidine rings is 1. The number of rotatable bonds is 8. The molecule has 0 saturated carbocycles. The fourth-order valence-electron chi connectivity index (χ4n) is 5.54. The number of ether oxygens (including phenoxy) is 2. The van der Waals surface area contributed by atoms with Crippen molar-refractivity contribution >= 4 is 22.9 Å². The van der Waals surface area contributed by atoms with Crippen LogP contribution < -0.4 is 10.1 Å². The monoisotopic (exact) mass is 563 g/mol. The Morgan fingerprint density at radius 1 is 1.10 bits per heavy atom. The molecule has 1 unspecified atom stereocenters. The van der Waals surface area contributed by atoms with Crippen LogP contribution in [0.3, 0.4) is 0 Å². The van der Waals surface area contributed by atoms with Crippen molar-refractivity contribution in [1.82, 2.24) is 24.9 Å². The van der Waals surface area contributed by atoms with Gasteiger partial charge in [0.25, 0.3) is 5.91 Å². The number of nitrogens with one attached hydrogen (secondary N) is 1. The number of hydrogen-bond acceptors (Lipinski definition) is 7. The molecule has 220 valence electrons. The summed E-state index contributed by atoms with van der Waals surface area (Å²) in [6.07, 6.45) is 3.45. The van der Waals surface area contributed by atoms with E-state index in [0.29, 0.717) is 25.4 Å². The van der Waals surface area contributed by atoms with E-state index >= 15 is 0 Å². The molecule has 10 heteroatoms. The predicted molar refractivity (Wildman–Crippen MR) is 156 cm³/mol. The lowest BCUT2D eigenvalue weighted by molar-refractivity contribution is -0.123. The van der Waals surface area contributed by atoms with Crippen molar-refractivity contribution in [3.8, 4) is 5.75 Å². The van der Waals surface area contributed by atoms with E-state index in [4.69, 9.17) is 9.47 Å². The van der Waals surface area contributed by atoms with Crippen LogP contribution in [0.25, 0.3) is 10.9 Å². The van der Waals surface area contributed by atoms with Gasteiger partial charge in [-0.05, 0) is 69.4 Å². The fourth-order valence-corrected chi connectivity index (χ4v) is 5.54. The van der Waals surface area contributed by atoms with Gasteiger partial charge in [-0.2, -0.15) is 5.10 Å². The standard InChI is InChI=1S/C31H41N5O5/c1-31(2,3)41-30(39)35-14-11-25(12-15-35)36-28-9-8-27(16-24(28)17-33-36)40-21-29(38)32-18-26(37)20-34-13-10-22-6-4-5-7-23(22)19-34/h4-9,16-17,25-26,37H,10-15,18-21H2,1-3H3,(H,32,38). The van der Waals surface area contributed by atoms with Crippen LogP contribution in [0.15, 0.2) is 48.7 Å². The van der Waals surface area contributed by atoms with Crippen LogP contribution in [-0.2, 0) is 22.5 Å². The lowest BCUT2D eigenvalue weighted by Crippen LogP contribution is -2.42. The van der Waals surface area contributed by atoms with Crippen LogP contribution in [0.2, 0.25) is 0 Å². The molecule has 1 saturated heterocycles. The minimum Gasteiger partial charge on any atom is -0.484 e. The van der Waals surface area contributed by atoms with Crippen LogP contribution in [0, 0.1) is 0 Å². The van der Waals surface area contributed by atoms with E-state index in [2.05, 4.69) is 33.5 Å². The summed E-state index contributed by atoms with van der Waals surface area (Å²) < 4.78 is 13.2. The minimum absolute atomic E-state index is 0.132. The van der Waals surface area contributed by atoms with Gasteiger partial charge in [-0.3, -0.25) is 14.4 Å². The van der Waals surface area contributed by atoms with Crippen molar-refractivity contribution in [2.75, 3.05) is 39.3 Å². The summed E-state index contributed by atoms with van der Waals surface area (Å²) in [5, 5.41) is 18.8. The van der Waals surface area contributed by atoms with Crippen LogP contribution in [-0.4, -0.2) is 87.7 Å². The average molecular weight is 564 g/mol. The van der Waals surface area contributed by atoms with E-state index in [-0.39, 0.29) is 31.2 Å². The van der Waals surface area contributed by atoms with E-state index in [1.54, 1.807) is 11.1 Å². The zero-order valence-corrected chi connectivity index (χ0v) is 24.2. The molecule has 0 aliphatic carbocycles. The van der Waals surface area contributed by atoms with Crippen LogP contribution >= 0.6 is 0 Å². The second-order valence-corrected chi connectivity index (χ2v) is 12.0. The zero-order valence-electron chi connectivity index (χ0n) is 24.2. The highest BCUT2D eigenvalue weighted by Crippen LogP contribution is 2.29. The van der Waals surface area contributed by atoms with E-state index in [1.807, 2.05) is 49.7 Å². The number of amides is 2. The molecule has 0 spiro atoms. The number of fused-ring (bicyclic) bond motifs is 2. The van der Waals surface area contributed by atoms with Gasteiger partial charge in [0.2, 0.25) is 0 Å². The summed E-state index contributed by atoms with van der Waals surface area (Å²) in [6, 6.07) is 14.3. The third kappa shape index (κ3) is 7.56. The molecule has 0 radical (unpaired) electrons. The van der Waals surface area contributed by atoms with Gasteiger partial charge in [-0.25, -0.2) is 4.79 Å². The highest BCUT2D eigenvalue weighted by Gasteiger charge is 2.28. The molecule has 2 aromatic carbocycles. The Balaban J connectivity index is 1.06. The van der Waals surface area contributed by atoms with E-state index < -0.39 is 11.7 Å². The predicted octanol–water partition coefficient (Wildman–Crippen LogP) is 3.52. The highest BCUT2D eigenvalue weighted by atomic mass is 16.6. The first kappa shape index (κ1) is 28.9. The Kier molecular flexibility index (Phi) is 8.79. The number of likely N-dealkylation sites (tertiary alicyclic amines) is 1. The molecule has 2 aliphatic rings. The van der Waals surface area contributed by atoms with E-state index in [1.165, 1.54) is 11.1 Å². The molecule has 1 fully saturated rings. The maximum Gasteiger partial charge on any atom is 0.410 e. The van der Waals surface area contributed by atoms with E-state index in [9.17, 15) is 14.7 Å². The van der Waals surface area contributed by atoms with Gasteiger partial charge in [0.05, 0.1) is 23.9 Å². The summed E-state index contributed by atoms with van der Waals surface area (Å²) in [7, 11) is 0. The van der Waals surface area contributed by atoms with Crippen molar-refractivity contribution in [2.45, 2.75) is 64.3 Å². The molecule has 0 bridgehead atoms. The quantitative estimate of drug-likeness (QED) is 0.432. The van der Waals surface area contributed by atoms with Crippen molar-refractivity contribution in [3.05, 3.63) is 59.8 Å². The first-order valence-corrected chi connectivity index (χ1v) is 14.5. The molecule has 3 aromatic rings. The zero-order chi connectivity index (χ0) is 29.0. The second kappa shape index (κ2) is 12.5. The SMILES string of the molecule is CC(C)(C)OC(=O)N1CCC(n2ncc3cc(OCC(=O)NCC(O)CN4CCc5ccccc5C4)ccc32)CC1. The van der Waals surface area contributed by atoms with Gasteiger partial charge in [-0.15, -0.1) is 0 Å². The van der Waals surface area contributed by atoms with Gasteiger partial charge in [0, 0.05) is 44.7 Å². The number of hydrogen-bond donors (Lipinski definition) is 2. The van der Waals surface area contributed by atoms with E-state index in [0.717, 1.165) is 43.3 Å². The summed E-state index contributed by atoms with van der Waals surface area (Å²) in [5.41, 5.74) is 3.15. The molecule has 41 heavy (non-hydrogen) atoms. The fraction of sp³-hybridized carbons (Fsp3) is 0.516. The summed E-state index contributed by atoms with van der Waals surface area (Å²) >= 11 is 0. The smallest absolute Gasteiger partial charge is 0.410 e. The highest BCUT2D eigenvalue weighted by molar-refractivity contribution is 5.81. The van der Waals surface area contributed by atoms with Crippen LogP contribution in [0.1, 0.15) is 50.8 Å². The molecule has 2 amide bonds. The van der Waals surface area contributed by atoms with Crippen molar-refractivity contribution < 1.29 is 24.2 Å². The van der Waals surface area contributed by atoms with Crippen molar-refractivity contribution in [3.63, 3.8) is 0 Å². The minimum atomic E-state index is -0.651. The maximum atomic E-state index is 12.4. The Morgan fingerprint density at radius 3 is 2.61 bits per heavy atom. The number of aliphatic hydroxyl groups excluding tert-OH is 1. The topological polar surface area (TPSA) is 109 Å². The number of aliphatic hydroxyl groups is 1. The molecule has 3 heterocycles. The molecule has 5 rings (SSSR count). The number of carbonyl (C=O) groups excluding carboxylic acids is 2. The summed E-state index contributed by atoms with van der Waals surface area (Å²) in [6.45, 7) is 9.14.